The summed E-state index contributed by atoms with van der Waals surface area (Å²) in [5, 5.41) is 0. The van der Waals surface area contributed by atoms with Crippen LogP contribution in [0.15, 0.2) is 21.2 Å². The van der Waals surface area contributed by atoms with Crippen molar-refractivity contribution in [3.63, 3.8) is 0 Å². The van der Waals surface area contributed by atoms with Crippen molar-refractivity contribution < 1.29 is 4.42 Å². The maximum absolute atomic E-state index is 5.71. The molecule has 0 saturated heterocycles. The van der Waals surface area contributed by atoms with Crippen LogP contribution in [0.2, 0.25) is 0 Å². The van der Waals surface area contributed by atoms with E-state index in [-0.39, 0.29) is 6.04 Å². The first kappa shape index (κ1) is 10.8. The molecule has 1 aromatic heterocycles. The molecule has 2 aliphatic rings. The van der Waals surface area contributed by atoms with Crippen molar-refractivity contribution in [3.05, 3.63) is 22.6 Å². The number of fused-ring (bicyclic) bond motifs is 2. The quantitative estimate of drug-likeness (QED) is 0.663. The summed E-state index contributed by atoms with van der Waals surface area (Å²) < 4.78 is 6.57. The fourth-order valence-corrected chi connectivity index (χ4v) is 4.07. The van der Waals surface area contributed by atoms with Crippen molar-refractivity contribution in [2.45, 2.75) is 31.7 Å². The molecule has 2 fully saturated rings. The molecule has 4 unspecified atom stereocenters. The van der Waals surface area contributed by atoms with Crippen molar-refractivity contribution >= 4 is 15.9 Å². The van der Waals surface area contributed by atoms with Gasteiger partial charge in [-0.15, -0.1) is 0 Å². The number of hydrogen-bond donors (Lipinski definition) is 2. The Morgan fingerprint density at radius 1 is 1.44 bits per heavy atom. The smallest absolute Gasteiger partial charge is 0.136 e. The minimum atomic E-state index is 0.166. The molecule has 16 heavy (non-hydrogen) atoms. The highest BCUT2D eigenvalue weighted by Crippen LogP contribution is 2.53. The first-order valence-electron chi connectivity index (χ1n) is 5.98. The lowest BCUT2D eigenvalue weighted by Crippen LogP contribution is -2.35. The molecule has 3 rings (SSSR count). The Kier molecular flexibility index (Phi) is 2.81. The molecule has 4 heteroatoms. The largest absolute Gasteiger partial charge is 0.466 e. The number of rotatable bonds is 3. The van der Waals surface area contributed by atoms with E-state index in [4.69, 9.17) is 10.3 Å². The highest BCUT2D eigenvalue weighted by Gasteiger charge is 2.44. The Morgan fingerprint density at radius 3 is 2.81 bits per heavy atom. The molecule has 4 atom stereocenters. The van der Waals surface area contributed by atoms with Crippen molar-refractivity contribution in [1.29, 1.82) is 0 Å². The van der Waals surface area contributed by atoms with Crippen molar-refractivity contribution in [3.8, 4) is 0 Å². The molecule has 0 spiro atoms. The van der Waals surface area contributed by atoms with Crippen LogP contribution in [0.4, 0.5) is 0 Å². The van der Waals surface area contributed by atoms with Gasteiger partial charge in [-0.25, -0.2) is 5.43 Å². The Bertz CT molecular complexity index is 379. The molecule has 88 valence electrons. The monoisotopic (exact) mass is 284 g/mol. The number of halogens is 1. The zero-order valence-corrected chi connectivity index (χ0v) is 10.7. The average molecular weight is 285 g/mol. The van der Waals surface area contributed by atoms with Gasteiger partial charge in [0.15, 0.2) is 0 Å². The Labute approximate surface area is 104 Å². The molecule has 1 heterocycles. The van der Waals surface area contributed by atoms with E-state index in [1.165, 1.54) is 25.7 Å². The van der Waals surface area contributed by atoms with Crippen LogP contribution in [0, 0.1) is 17.8 Å². The van der Waals surface area contributed by atoms with Gasteiger partial charge in [0.05, 0.1) is 16.8 Å². The zero-order valence-electron chi connectivity index (χ0n) is 9.16. The van der Waals surface area contributed by atoms with Gasteiger partial charge in [-0.1, -0.05) is 6.42 Å². The minimum absolute atomic E-state index is 0.166. The van der Waals surface area contributed by atoms with Crippen LogP contribution in [-0.4, -0.2) is 0 Å². The third kappa shape index (κ3) is 1.63. The second-order valence-electron chi connectivity index (χ2n) is 5.12. The maximum atomic E-state index is 5.71. The van der Waals surface area contributed by atoms with Gasteiger partial charge >= 0.3 is 0 Å². The van der Waals surface area contributed by atoms with Gasteiger partial charge in [0.1, 0.15) is 5.76 Å². The van der Waals surface area contributed by atoms with Gasteiger partial charge in [0.2, 0.25) is 0 Å². The van der Waals surface area contributed by atoms with E-state index in [0.717, 1.165) is 22.1 Å². The predicted molar refractivity (Wildman–Crippen MR) is 65.4 cm³/mol. The highest BCUT2D eigenvalue weighted by molar-refractivity contribution is 9.10. The second-order valence-corrected chi connectivity index (χ2v) is 5.97. The molecule has 2 bridgehead atoms. The van der Waals surface area contributed by atoms with E-state index >= 15 is 0 Å². The lowest BCUT2D eigenvalue weighted by Gasteiger charge is -2.28. The standard InChI is InChI=1S/C12H17BrN2O/c13-10-3-4-16-12(10)11(15-14)9-6-7-1-2-8(9)5-7/h3-4,7-9,11,15H,1-2,5-6,14H2. The van der Waals surface area contributed by atoms with Gasteiger partial charge in [0, 0.05) is 0 Å². The molecule has 0 aromatic carbocycles. The number of nitrogens with one attached hydrogen (secondary N) is 1. The van der Waals surface area contributed by atoms with Crippen LogP contribution in [0.5, 0.6) is 0 Å². The summed E-state index contributed by atoms with van der Waals surface area (Å²) in [6, 6.07) is 2.10. The normalized spacial score (nSPS) is 34.5. The van der Waals surface area contributed by atoms with Crippen molar-refractivity contribution in [2.24, 2.45) is 23.6 Å². The molecule has 3 nitrogen and oxygen atoms in total. The van der Waals surface area contributed by atoms with E-state index in [0.29, 0.717) is 5.92 Å². The highest BCUT2D eigenvalue weighted by atomic mass is 79.9. The number of furan rings is 1. The van der Waals surface area contributed by atoms with Crippen LogP contribution in [0.3, 0.4) is 0 Å². The maximum Gasteiger partial charge on any atom is 0.136 e. The molecular formula is C12H17BrN2O. The third-order valence-electron chi connectivity index (χ3n) is 4.33. The third-order valence-corrected chi connectivity index (χ3v) is 4.98. The summed E-state index contributed by atoms with van der Waals surface area (Å²) in [5.74, 6) is 9.08. The van der Waals surface area contributed by atoms with Crippen LogP contribution < -0.4 is 11.3 Å². The molecule has 0 aliphatic heterocycles. The Morgan fingerprint density at radius 2 is 2.31 bits per heavy atom. The number of nitrogens with two attached hydrogens (primary N) is 1. The fourth-order valence-electron chi connectivity index (χ4n) is 3.62. The summed E-state index contributed by atoms with van der Waals surface area (Å²) in [6.07, 6.45) is 7.19. The Balaban J connectivity index is 1.84. The van der Waals surface area contributed by atoms with Crippen LogP contribution in [-0.2, 0) is 0 Å². The van der Waals surface area contributed by atoms with Gasteiger partial charge in [-0.2, -0.15) is 0 Å². The first-order chi connectivity index (χ1) is 7.79. The summed E-state index contributed by atoms with van der Waals surface area (Å²) >= 11 is 3.52. The number of hydrogen-bond acceptors (Lipinski definition) is 3. The minimum Gasteiger partial charge on any atom is -0.466 e. The summed E-state index contributed by atoms with van der Waals surface area (Å²) in [6.45, 7) is 0. The molecule has 1 aromatic rings. The summed E-state index contributed by atoms with van der Waals surface area (Å²) in [5.41, 5.74) is 2.95. The van der Waals surface area contributed by atoms with Crippen molar-refractivity contribution in [1.82, 2.24) is 5.43 Å². The van der Waals surface area contributed by atoms with Crippen molar-refractivity contribution in [2.75, 3.05) is 0 Å². The first-order valence-corrected chi connectivity index (χ1v) is 6.78. The number of hydrazine groups is 1. The van der Waals surface area contributed by atoms with Gasteiger partial charge in [-0.05, 0) is 59.0 Å². The predicted octanol–water partition coefficient (Wildman–Crippen LogP) is 2.98. The second kappa shape index (κ2) is 4.17. The molecule has 0 radical (unpaired) electrons. The van der Waals surface area contributed by atoms with Gasteiger partial charge in [0.25, 0.3) is 0 Å². The van der Waals surface area contributed by atoms with Gasteiger partial charge in [-0.3, -0.25) is 5.84 Å². The summed E-state index contributed by atoms with van der Waals surface area (Å²) in [7, 11) is 0. The van der Waals surface area contributed by atoms with Crippen LogP contribution in [0.25, 0.3) is 0 Å². The summed E-state index contributed by atoms with van der Waals surface area (Å²) in [4.78, 5) is 0. The van der Waals surface area contributed by atoms with Crippen LogP contribution in [0.1, 0.15) is 37.5 Å². The lowest BCUT2D eigenvalue weighted by atomic mass is 9.82. The van der Waals surface area contributed by atoms with E-state index in [9.17, 15) is 0 Å². The molecule has 2 aliphatic carbocycles. The van der Waals surface area contributed by atoms with E-state index < -0.39 is 0 Å². The zero-order chi connectivity index (χ0) is 11.1. The van der Waals surface area contributed by atoms with E-state index in [1.54, 1.807) is 6.26 Å². The molecule has 0 amide bonds. The molecular weight excluding hydrogens is 268 g/mol. The SMILES string of the molecule is NNC(c1occc1Br)C1CC2CCC1C2. The molecule has 3 N–H and O–H groups in total. The fraction of sp³-hybridized carbons (Fsp3) is 0.667. The van der Waals surface area contributed by atoms with E-state index in [2.05, 4.69) is 21.4 Å². The average Bonchev–Trinajstić information content (AvgIpc) is 2.97. The Hall–Kier alpha value is -0.320. The van der Waals surface area contributed by atoms with Gasteiger partial charge < -0.3 is 4.42 Å². The van der Waals surface area contributed by atoms with E-state index in [1.807, 2.05) is 6.07 Å². The topological polar surface area (TPSA) is 51.2 Å². The molecule has 2 saturated carbocycles. The lowest BCUT2D eigenvalue weighted by molar-refractivity contribution is 0.226. The van der Waals surface area contributed by atoms with Crippen LogP contribution >= 0.6 is 15.9 Å².